The van der Waals surface area contributed by atoms with E-state index in [1.807, 2.05) is 0 Å². The topological polar surface area (TPSA) is 80.3 Å². The Bertz CT molecular complexity index is 689. The smallest absolute Gasteiger partial charge is 0.256 e. The zero-order chi connectivity index (χ0) is 16.7. The second kappa shape index (κ2) is 8.14. The van der Waals surface area contributed by atoms with Crippen molar-refractivity contribution in [3.05, 3.63) is 58.7 Å². The highest BCUT2D eigenvalue weighted by Crippen LogP contribution is 2.12. The Balaban J connectivity index is 1.80. The first kappa shape index (κ1) is 16.8. The van der Waals surface area contributed by atoms with Crippen LogP contribution in [0.3, 0.4) is 0 Å². The lowest BCUT2D eigenvalue weighted by Gasteiger charge is -2.09. The molecule has 0 aliphatic rings. The first-order chi connectivity index (χ1) is 11.1. The Kier molecular flexibility index (Phi) is 5.94. The number of aromatic nitrogens is 1. The molecule has 6 nitrogen and oxygen atoms in total. The third kappa shape index (κ3) is 4.69. The van der Waals surface area contributed by atoms with Crippen molar-refractivity contribution in [3.8, 4) is 5.88 Å². The number of hydrogen-bond donors (Lipinski definition) is 2. The van der Waals surface area contributed by atoms with E-state index >= 15 is 0 Å². The standard InChI is InChI=1S/C16H16ClN3O3/c1-23-16-13(3-2-8-20-16)15(22)19-10-9-18-14(21)11-4-6-12(17)7-5-11/h2-8H,9-10H2,1H3,(H,18,21)(H,19,22). The number of nitrogens with one attached hydrogen (secondary N) is 2. The molecule has 0 atom stereocenters. The summed E-state index contributed by atoms with van der Waals surface area (Å²) in [6, 6.07) is 9.83. The molecule has 2 N–H and O–H groups in total. The Morgan fingerprint density at radius 1 is 1.09 bits per heavy atom. The molecule has 0 unspecified atom stereocenters. The van der Waals surface area contributed by atoms with Gasteiger partial charge in [0.25, 0.3) is 11.8 Å². The molecule has 0 spiro atoms. The van der Waals surface area contributed by atoms with Crippen molar-refractivity contribution in [2.45, 2.75) is 0 Å². The number of methoxy groups -OCH3 is 1. The van der Waals surface area contributed by atoms with Gasteiger partial charge in [0.05, 0.1) is 7.11 Å². The van der Waals surface area contributed by atoms with Crippen LogP contribution >= 0.6 is 11.6 Å². The van der Waals surface area contributed by atoms with Crippen LogP contribution in [-0.4, -0.2) is 37.0 Å². The molecule has 0 aliphatic heterocycles. The fourth-order valence-corrected chi connectivity index (χ4v) is 2.00. The van der Waals surface area contributed by atoms with Crippen LogP contribution in [0, 0.1) is 0 Å². The minimum atomic E-state index is -0.310. The molecule has 120 valence electrons. The number of nitrogens with zero attached hydrogens (tertiary/aromatic N) is 1. The second-order valence-corrected chi connectivity index (χ2v) is 5.02. The largest absolute Gasteiger partial charge is 0.480 e. The highest BCUT2D eigenvalue weighted by molar-refractivity contribution is 6.30. The van der Waals surface area contributed by atoms with Gasteiger partial charge in [0, 0.05) is 29.9 Å². The maximum Gasteiger partial charge on any atom is 0.256 e. The molecule has 0 saturated carbocycles. The van der Waals surface area contributed by atoms with E-state index in [1.54, 1.807) is 42.6 Å². The monoisotopic (exact) mass is 333 g/mol. The highest BCUT2D eigenvalue weighted by atomic mass is 35.5. The van der Waals surface area contributed by atoms with E-state index in [-0.39, 0.29) is 24.2 Å². The van der Waals surface area contributed by atoms with Gasteiger partial charge < -0.3 is 15.4 Å². The van der Waals surface area contributed by atoms with Crippen molar-refractivity contribution >= 4 is 23.4 Å². The summed E-state index contributed by atoms with van der Waals surface area (Å²) in [5.74, 6) is -0.277. The van der Waals surface area contributed by atoms with Crippen molar-refractivity contribution in [1.82, 2.24) is 15.6 Å². The Morgan fingerprint density at radius 2 is 1.74 bits per heavy atom. The third-order valence-electron chi connectivity index (χ3n) is 3.01. The number of carbonyl (C=O) groups excluding carboxylic acids is 2. The molecule has 0 saturated heterocycles. The highest BCUT2D eigenvalue weighted by Gasteiger charge is 2.12. The van der Waals surface area contributed by atoms with Gasteiger partial charge in [-0.2, -0.15) is 0 Å². The molecule has 0 radical (unpaired) electrons. The van der Waals surface area contributed by atoms with Gasteiger partial charge in [-0.15, -0.1) is 0 Å². The van der Waals surface area contributed by atoms with Crippen molar-refractivity contribution in [2.75, 3.05) is 20.2 Å². The van der Waals surface area contributed by atoms with Gasteiger partial charge >= 0.3 is 0 Å². The SMILES string of the molecule is COc1ncccc1C(=O)NCCNC(=O)c1ccc(Cl)cc1. The first-order valence-electron chi connectivity index (χ1n) is 6.93. The molecule has 0 bridgehead atoms. The number of ether oxygens (including phenoxy) is 1. The third-order valence-corrected chi connectivity index (χ3v) is 3.26. The average Bonchev–Trinajstić information content (AvgIpc) is 2.58. The van der Waals surface area contributed by atoms with Crippen LogP contribution in [0.15, 0.2) is 42.6 Å². The molecule has 7 heteroatoms. The van der Waals surface area contributed by atoms with Crippen molar-refractivity contribution in [2.24, 2.45) is 0 Å². The Hall–Kier alpha value is -2.60. The van der Waals surface area contributed by atoms with Crippen LogP contribution in [0.1, 0.15) is 20.7 Å². The summed E-state index contributed by atoms with van der Waals surface area (Å²) >= 11 is 5.77. The quantitative estimate of drug-likeness (QED) is 0.791. The van der Waals surface area contributed by atoms with E-state index in [9.17, 15) is 9.59 Å². The number of hydrogen-bond acceptors (Lipinski definition) is 4. The Morgan fingerprint density at radius 3 is 2.39 bits per heavy atom. The van der Waals surface area contributed by atoms with Gasteiger partial charge in [-0.05, 0) is 36.4 Å². The number of rotatable bonds is 6. The summed E-state index contributed by atoms with van der Waals surface area (Å²) in [7, 11) is 1.45. The molecule has 1 aromatic carbocycles. The predicted octanol–water partition coefficient (Wildman–Crippen LogP) is 1.90. The van der Waals surface area contributed by atoms with Crippen molar-refractivity contribution < 1.29 is 14.3 Å². The fourth-order valence-electron chi connectivity index (χ4n) is 1.88. The summed E-state index contributed by atoms with van der Waals surface area (Å²) in [4.78, 5) is 27.9. The van der Waals surface area contributed by atoms with Crippen molar-refractivity contribution in [1.29, 1.82) is 0 Å². The molecule has 1 aromatic heterocycles. The summed E-state index contributed by atoms with van der Waals surface area (Å²) in [5, 5.41) is 5.97. The predicted molar refractivity (Wildman–Crippen MR) is 86.9 cm³/mol. The second-order valence-electron chi connectivity index (χ2n) is 4.58. The molecule has 2 amide bonds. The summed E-state index contributed by atoms with van der Waals surface area (Å²) in [6.45, 7) is 0.589. The lowest BCUT2D eigenvalue weighted by atomic mass is 10.2. The first-order valence-corrected chi connectivity index (χ1v) is 7.30. The number of amides is 2. The molecular weight excluding hydrogens is 318 g/mol. The van der Waals surface area contributed by atoms with E-state index in [4.69, 9.17) is 16.3 Å². The molecule has 2 aromatic rings. The molecule has 0 fully saturated rings. The molecular formula is C16H16ClN3O3. The van der Waals surface area contributed by atoms with Crippen LogP contribution < -0.4 is 15.4 Å². The van der Waals surface area contributed by atoms with E-state index in [2.05, 4.69) is 15.6 Å². The van der Waals surface area contributed by atoms with Gasteiger partial charge in [0.1, 0.15) is 5.56 Å². The van der Waals surface area contributed by atoms with Crippen LogP contribution in [0.2, 0.25) is 5.02 Å². The maximum absolute atomic E-state index is 12.0. The van der Waals surface area contributed by atoms with Crippen LogP contribution in [0.4, 0.5) is 0 Å². The zero-order valence-corrected chi connectivity index (χ0v) is 13.3. The maximum atomic E-state index is 12.0. The lowest BCUT2D eigenvalue weighted by Crippen LogP contribution is -2.34. The lowest BCUT2D eigenvalue weighted by molar-refractivity contribution is 0.0925. The van der Waals surface area contributed by atoms with Gasteiger partial charge in [0.15, 0.2) is 0 Å². The summed E-state index contributed by atoms with van der Waals surface area (Å²) < 4.78 is 5.03. The van der Waals surface area contributed by atoms with Crippen LogP contribution in [-0.2, 0) is 0 Å². The Labute approximate surface area is 138 Å². The molecule has 0 aliphatic carbocycles. The number of carbonyl (C=O) groups is 2. The van der Waals surface area contributed by atoms with Crippen LogP contribution in [0.25, 0.3) is 0 Å². The number of benzene rings is 1. The molecule has 1 heterocycles. The summed E-state index contributed by atoms with van der Waals surface area (Å²) in [6.07, 6.45) is 1.54. The molecule has 2 rings (SSSR count). The van der Waals surface area contributed by atoms with Gasteiger partial charge in [-0.3, -0.25) is 9.59 Å². The minimum Gasteiger partial charge on any atom is -0.480 e. The van der Waals surface area contributed by atoms with Gasteiger partial charge in [0.2, 0.25) is 5.88 Å². The average molecular weight is 334 g/mol. The van der Waals surface area contributed by atoms with E-state index in [0.717, 1.165) is 0 Å². The normalized spacial score (nSPS) is 10.0. The molecule has 23 heavy (non-hydrogen) atoms. The number of pyridine rings is 1. The minimum absolute atomic E-state index is 0.227. The zero-order valence-electron chi connectivity index (χ0n) is 12.5. The fraction of sp³-hybridized carbons (Fsp3) is 0.188. The van der Waals surface area contributed by atoms with Crippen LogP contribution in [0.5, 0.6) is 5.88 Å². The summed E-state index contributed by atoms with van der Waals surface area (Å²) in [5.41, 5.74) is 0.855. The van der Waals surface area contributed by atoms with Crippen molar-refractivity contribution in [3.63, 3.8) is 0 Å². The van der Waals surface area contributed by atoms with E-state index in [0.29, 0.717) is 22.7 Å². The van der Waals surface area contributed by atoms with E-state index in [1.165, 1.54) is 7.11 Å². The van der Waals surface area contributed by atoms with Gasteiger partial charge in [-0.25, -0.2) is 4.98 Å². The van der Waals surface area contributed by atoms with E-state index < -0.39 is 0 Å². The van der Waals surface area contributed by atoms with Gasteiger partial charge in [-0.1, -0.05) is 11.6 Å². The number of halogens is 1.